The van der Waals surface area contributed by atoms with E-state index in [0.29, 0.717) is 19.6 Å². The quantitative estimate of drug-likeness (QED) is 0.517. The van der Waals surface area contributed by atoms with E-state index in [2.05, 4.69) is 5.10 Å². The molecule has 1 aromatic heterocycles. The van der Waals surface area contributed by atoms with Crippen molar-refractivity contribution in [2.24, 2.45) is 0 Å². The van der Waals surface area contributed by atoms with E-state index in [4.69, 9.17) is 18.8 Å². The molecule has 2 aliphatic rings. The molecule has 172 valence electrons. The first-order valence-corrected chi connectivity index (χ1v) is 10.7. The third kappa shape index (κ3) is 3.84. The second-order valence-corrected chi connectivity index (χ2v) is 9.03. The van der Waals surface area contributed by atoms with E-state index in [1.165, 1.54) is 10.9 Å². The summed E-state index contributed by atoms with van der Waals surface area (Å²) in [7, 11) is -1.05. The molecular formula is C22H27BF2N2O5. The van der Waals surface area contributed by atoms with Gasteiger partial charge in [-0.15, -0.1) is 0 Å². The summed E-state index contributed by atoms with van der Waals surface area (Å²) in [5.41, 5.74) is -1.29. The maximum Gasteiger partial charge on any atom is 0.497 e. The van der Waals surface area contributed by atoms with Gasteiger partial charge in [0.25, 0.3) is 0 Å². The molecule has 1 aromatic carbocycles. The number of hydrogen-bond donors (Lipinski definition) is 0. The maximum atomic E-state index is 15.4. The second-order valence-electron chi connectivity index (χ2n) is 9.03. The molecule has 3 heterocycles. The first kappa shape index (κ1) is 22.9. The van der Waals surface area contributed by atoms with E-state index in [0.717, 1.165) is 12.1 Å². The van der Waals surface area contributed by atoms with E-state index < -0.39 is 35.9 Å². The van der Waals surface area contributed by atoms with Gasteiger partial charge in [0.15, 0.2) is 0 Å². The molecule has 1 atom stereocenters. The predicted octanol–water partition coefficient (Wildman–Crippen LogP) is 3.27. The number of halogens is 2. The van der Waals surface area contributed by atoms with E-state index in [1.54, 1.807) is 6.92 Å². The van der Waals surface area contributed by atoms with Crippen LogP contribution >= 0.6 is 0 Å². The number of carbonyl (C=O) groups excluding carboxylic acids is 1. The number of rotatable bonds is 5. The number of carbonyl (C=O) groups is 1. The molecule has 2 fully saturated rings. The second kappa shape index (κ2) is 8.24. The first-order chi connectivity index (χ1) is 15.1. The molecule has 0 amide bonds. The fraction of sp³-hybridized carbons (Fsp3) is 0.545. The van der Waals surface area contributed by atoms with Gasteiger partial charge in [0, 0.05) is 17.6 Å². The fourth-order valence-corrected chi connectivity index (χ4v) is 3.88. The highest BCUT2D eigenvalue weighted by atomic mass is 19.1. The van der Waals surface area contributed by atoms with Gasteiger partial charge in [-0.25, -0.2) is 13.6 Å². The fourth-order valence-electron chi connectivity index (χ4n) is 3.88. The summed E-state index contributed by atoms with van der Waals surface area (Å²) in [6.07, 6.45) is 1.97. The van der Waals surface area contributed by atoms with Crippen molar-refractivity contribution in [2.75, 3.05) is 19.8 Å². The Labute approximate surface area is 186 Å². The van der Waals surface area contributed by atoms with Crippen LogP contribution in [0.2, 0.25) is 0 Å². The van der Waals surface area contributed by atoms with Crippen LogP contribution in [0, 0.1) is 11.6 Å². The normalized spacial score (nSPS) is 21.8. The van der Waals surface area contributed by atoms with Gasteiger partial charge in [0.2, 0.25) is 0 Å². The molecule has 0 bridgehead atoms. The van der Waals surface area contributed by atoms with Crippen LogP contribution in [-0.4, -0.2) is 53.9 Å². The van der Waals surface area contributed by atoms with Crippen molar-refractivity contribution in [3.8, 4) is 11.3 Å². The van der Waals surface area contributed by atoms with Gasteiger partial charge in [-0.2, -0.15) is 5.10 Å². The predicted molar refractivity (Wildman–Crippen MR) is 114 cm³/mol. The summed E-state index contributed by atoms with van der Waals surface area (Å²) in [5.74, 6) is -2.07. The first-order valence-electron chi connectivity index (χ1n) is 10.7. The van der Waals surface area contributed by atoms with Crippen LogP contribution in [0.5, 0.6) is 0 Å². The zero-order valence-electron chi connectivity index (χ0n) is 18.9. The lowest BCUT2D eigenvalue weighted by Crippen LogP contribution is -2.41. The Morgan fingerprint density at radius 1 is 1.22 bits per heavy atom. The Hall–Kier alpha value is -2.30. The van der Waals surface area contributed by atoms with Gasteiger partial charge < -0.3 is 18.8 Å². The van der Waals surface area contributed by atoms with Crippen LogP contribution in [0.1, 0.15) is 57.4 Å². The highest BCUT2D eigenvalue weighted by molar-refractivity contribution is 6.62. The van der Waals surface area contributed by atoms with Crippen LogP contribution < -0.4 is 5.46 Å². The smallest absolute Gasteiger partial charge is 0.462 e. The highest BCUT2D eigenvalue weighted by Gasteiger charge is 2.52. The Kier molecular flexibility index (Phi) is 5.89. The summed E-state index contributed by atoms with van der Waals surface area (Å²) in [4.78, 5) is 12.5. The van der Waals surface area contributed by atoms with Crippen molar-refractivity contribution in [3.63, 3.8) is 0 Å². The molecule has 2 aliphatic heterocycles. The number of aromatic nitrogens is 2. The van der Waals surface area contributed by atoms with Crippen LogP contribution in [-0.2, 0) is 18.8 Å². The van der Waals surface area contributed by atoms with Crippen molar-refractivity contribution >= 4 is 18.6 Å². The number of esters is 1. The molecule has 0 spiro atoms. The zero-order chi connectivity index (χ0) is 23.3. The third-order valence-electron chi connectivity index (χ3n) is 6.39. The molecule has 7 nitrogen and oxygen atoms in total. The van der Waals surface area contributed by atoms with E-state index in [1.807, 2.05) is 27.7 Å². The van der Waals surface area contributed by atoms with Gasteiger partial charge in [-0.3, -0.25) is 4.68 Å². The van der Waals surface area contributed by atoms with Crippen molar-refractivity contribution in [1.82, 2.24) is 9.78 Å². The molecule has 2 aromatic rings. The monoisotopic (exact) mass is 448 g/mol. The lowest BCUT2D eigenvalue weighted by Gasteiger charge is -2.32. The summed E-state index contributed by atoms with van der Waals surface area (Å²) in [5, 5.41) is 4.28. The standard InChI is InChI=1S/C22H27BF2N2O5/c1-6-30-20(28)15-11-26-27(13-7-8-29-12-13)19(15)14-9-18(25)16(10-17(14)24)23-31-21(2,3)22(4,5)32-23/h9-11,13H,6-8,12H2,1-5H3/t13-/m0/s1. The molecule has 0 N–H and O–H groups in total. The van der Waals surface area contributed by atoms with Crippen LogP contribution in [0.3, 0.4) is 0 Å². The van der Waals surface area contributed by atoms with Crippen molar-refractivity contribution in [3.05, 3.63) is 35.5 Å². The Morgan fingerprint density at radius 3 is 2.50 bits per heavy atom. The maximum absolute atomic E-state index is 15.4. The summed E-state index contributed by atoms with van der Waals surface area (Å²) in [6, 6.07) is 1.92. The van der Waals surface area contributed by atoms with Gasteiger partial charge in [0.1, 0.15) is 17.2 Å². The molecule has 0 radical (unpaired) electrons. The number of hydrogen-bond acceptors (Lipinski definition) is 6. The third-order valence-corrected chi connectivity index (χ3v) is 6.39. The van der Waals surface area contributed by atoms with E-state index in [9.17, 15) is 4.79 Å². The summed E-state index contributed by atoms with van der Waals surface area (Å²) in [6.45, 7) is 10.1. The largest absolute Gasteiger partial charge is 0.497 e. The lowest BCUT2D eigenvalue weighted by molar-refractivity contribution is 0.00578. The molecule has 4 rings (SSSR count). The van der Waals surface area contributed by atoms with Gasteiger partial charge >= 0.3 is 13.1 Å². The van der Waals surface area contributed by atoms with Crippen molar-refractivity contribution in [2.45, 2.75) is 58.3 Å². The minimum atomic E-state index is -1.05. The average Bonchev–Trinajstić information content (AvgIpc) is 3.41. The number of ether oxygens (including phenoxy) is 2. The minimum absolute atomic E-state index is 0.0437. The summed E-state index contributed by atoms with van der Waals surface area (Å²) >= 11 is 0. The van der Waals surface area contributed by atoms with Crippen LogP contribution in [0.25, 0.3) is 11.3 Å². The molecule has 0 aliphatic carbocycles. The number of benzene rings is 1. The summed E-state index contributed by atoms with van der Waals surface area (Å²) < 4.78 is 54.5. The van der Waals surface area contributed by atoms with Gasteiger partial charge in [-0.1, -0.05) is 0 Å². The topological polar surface area (TPSA) is 71.8 Å². The molecule has 0 saturated carbocycles. The van der Waals surface area contributed by atoms with Crippen molar-refractivity contribution < 1.29 is 32.4 Å². The Balaban J connectivity index is 1.78. The Bertz CT molecular complexity index is 1020. The highest BCUT2D eigenvalue weighted by Crippen LogP contribution is 2.37. The molecule has 0 unspecified atom stereocenters. The number of nitrogens with zero attached hydrogens (tertiary/aromatic N) is 2. The SMILES string of the molecule is CCOC(=O)c1cnn([C@H]2CCOC2)c1-c1cc(F)c(B2OC(C)(C)C(C)(C)O2)cc1F. The minimum Gasteiger partial charge on any atom is -0.462 e. The van der Waals surface area contributed by atoms with E-state index in [-0.39, 0.29) is 34.9 Å². The van der Waals surface area contributed by atoms with Gasteiger partial charge in [-0.05, 0) is 53.2 Å². The Morgan fingerprint density at radius 2 is 1.91 bits per heavy atom. The molecule has 2 saturated heterocycles. The van der Waals surface area contributed by atoms with Gasteiger partial charge in [0.05, 0.1) is 42.3 Å². The van der Waals surface area contributed by atoms with Crippen LogP contribution in [0.15, 0.2) is 18.3 Å². The van der Waals surface area contributed by atoms with Crippen molar-refractivity contribution in [1.29, 1.82) is 0 Å². The van der Waals surface area contributed by atoms with Crippen LogP contribution in [0.4, 0.5) is 8.78 Å². The lowest BCUT2D eigenvalue weighted by atomic mass is 9.78. The molecule has 32 heavy (non-hydrogen) atoms. The zero-order valence-corrected chi connectivity index (χ0v) is 18.9. The molecule has 10 heteroatoms. The molecular weight excluding hydrogens is 421 g/mol. The van der Waals surface area contributed by atoms with E-state index >= 15 is 8.78 Å². The average molecular weight is 448 g/mol.